The number of carbonyl (C=O) groups excluding carboxylic acids is 1. The molecule has 38 heavy (non-hydrogen) atoms. The minimum absolute atomic E-state index is 0. The second kappa shape index (κ2) is 12.7. The third-order valence-corrected chi connectivity index (χ3v) is 9.37. The van der Waals surface area contributed by atoms with Crippen molar-refractivity contribution in [3.8, 4) is 5.75 Å². The van der Waals surface area contributed by atoms with Gasteiger partial charge in [-0.15, -0.1) is 12.4 Å². The maximum absolute atomic E-state index is 13.6. The van der Waals surface area contributed by atoms with Crippen LogP contribution >= 0.6 is 23.7 Å². The van der Waals surface area contributed by atoms with Gasteiger partial charge in [0.05, 0.1) is 21.7 Å². The Morgan fingerprint density at radius 1 is 1.08 bits per heavy atom. The SMILES string of the molecule is CCOc1ccc2nc(N(CCN(C)C)C(=O)c3ccc(S(=O)(=O)N4CC(C)CC(C)C4)cc3)sc2c1.Cl. The Morgan fingerprint density at radius 2 is 1.74 bits per heavy atom. The minimum atomic E-state index is -3.61. The first-order chi connectivity index (χ1) is 17.6. The van der Waals surface area contributed by atoms with Crippen molar-refractivity contribution in [1.29, 1.82) is 0 Å². The zero-order valence-electron chi connectivity index (χ0n) is 22.6. The molecule has 0 aliphatic carbocycles. The molecule has 1 fully saturated rings. The molecule has 0 bridgehead atoms. The van der Waals surface area contributed by atoms with Gasteiger partial charge >= 0.3 is 0 Å². The number of fused-ring (bicyclic) bond motifs is 1. The summed E-state index contributed by atoms with van der Waals surface area (Å²) in [4.78, 5) is 22.3. The number of likely N-dealkylation sites (N-methyl/N-ethyl adjacent to an activating group) is 1. The Bertz CT molecular complexity index is 1330. The molecule has 8 nitrogen and oxygen atoms in total. The van der Waals surface area contributed by atoms with Gasteiger partial charge in [-0.05, 0) is 81.7 Å². The van der Waals surface area contributed by atoms with Crippen LogP contribution in [0.2, 0.25) is 0 Å². The topological polar surface area (TPSA) is 83.0 Å². The normalized spacial score (nSPS) is 18.4. The molecule has 0 saturated carbocycles. The highest BCUT2D eigenvalue weighted by Gasteiger charge is 2.32. The molecule has 1 aromatic heterocycles. The number of nitrogens with zero attached hydrogens (tertiary/aromatic N) is 4. The van der Waals surface area contributed by atoms with Crippen LogP contribution in [-0.2, 0) is 10.0 Å². The van der Waals surface area contributed by atoms with Crippen LogP contribution < -0.4 is 9.64 Å². The molecule has 1 amide bonds. The summed E-state index contributed by atoms with van der Waals surface area (Å²) in [5.74, 6) is 1.20. The third-order valence-electron chi connectivity index (χ3n) is 6.48. The van der Waals surface area contributed by atoms with E-state index in [-0.39, 0.29) is 23.2 Å². The number of anilines is 1. The Morgan fingerprint density at radius 3 is 2.34 bits per heavy atom. The number of ether oxygens (including phenoxy) is 1. The van der Waals surface area contributed by atoms with Crippen LogP contribution in [0.3, 0.4) is 0 Å². The summed E-state index contributed by atoms with van der Waals surface area (Å²) in [5, 5.41) is 0.600. The van der Waals surface area contributed by atoms with E-state index in [0.717, 1.165) is 22.4 Å². The van der Waals surface area contributed by atoms with Crippen molar-refractivity contribution in [1.82, 2.24) is 14.2 Å². The molecule has 3 aromatic rings. The number of hydrogen-bond acceptors (Lipinski definition) is 7. The fourth-order valence-corrected chi connectivity index (χ4v) is 7.42. The van der Waals surface area contributed by atoms with Crippen LogP contribution in [0.5, 0.6) is 5.75 Å². The van der Waals surface area contributed by atoms with Crippen molar-refractivity contribution in [2.45, 2.75) is 32.1 Å². The highest BCUT2D eigenvalue weighted by Crippen LogP contribution is 2.33. The second-order valence-corrected chi connectivity index (χ2v) is 13.1. The van der Waals surface area contributed by atoms with Gasteiger partial charge in [0.2, 0.25) is 10.0 Å². The predicted octanol–water partition coefficient (Wildman–Crippen LogP) is 4.99. The molecule has 0 spiro atoms. The Kier molecular flexibility index (Phi) is 10.2. The van der Waals surface area contributed by atoms with Crippen LogP contribution in [0, 0.1) is 11.8 Å². The smallest absolute Gasteiger partial charge is 0.260 e. The monoisotopic (exact) mass is 580 g/mol. The molecule has 0 radical (unpaired) electrons. The first kappa shape index (κ1) is 30.3. The molecule has 11 heteroatoms. The first-order valence-electron chi connectivity index (χ1n) is 12.7. The van der Waals surface area contributed by atoms with Gasteiger partial charge in [-0.25, -0.2) is 13.4 Å². The summed E-state index contributed by atoms with van der Waals surface area (Å²) in [6.07, 6.45) is 1.03. The predicted molar refractivity (Wildman–Crippen MR) is 156 cm³/mol. The van der Waals surface area contributed by atoms with Gasteiger partial charge in [-0.3, -0.25) is 9.69 Å². The number of halogens is 1. The summed E-state index contributed by atoms with van der Waals surface area (Å²) in [6.45, 7) is 8.84. The van der Waals surface area contributed by atoms with Crippen LogP contribution in [0.15, 0.2) is 47.4 Å². The summed E-state index contributed by atoms with van der Waals surface area (Å²) in [6, 6.07) is 12.0. The molecule has 0 N–H and O–H groups in total. The van der Waals surface area contributed by atoms with Crippen molar-refractivity contribution in [3.05, 3.63) is 48.0 Å². The van der Waals surface area contributed by atoms with Gasteiger partial charge in [0.1, 0.15) is 5.75 Å². The lowest BCUT2D eigenvalue weighted by Crippen LogP contribution is -2.42. The molecule has 1 aliphatic rings. The lowest BCUT2D eigenvalue weighted by atomic mass is 9.94. The van der Waals surface area contributed by atoms with Gasteiger partial charge in [0.15, 0.2) is 5.13 Å². The van der Waals surface area contributed by atoms with Gasteiger partial charge < -0.3 is 9.64 Å². The molecular weight excluding hydrogens is 544 g/mol. The van der Waals surface area contributed by atoms with E-state index >= 15 is 0 Å². The van der Waals surface area contributed by atoms with Crippen molar-refractivity contribution in [2.24, 2.45) is 11.8 Å². The average molecular weight is 581 g/mol. The number of carbonyl (C=O) groups is 1. The van der Waals surface area contributed by atoms with Gasteiger partial charge in [0.25, 0.3) is 5.91 Å². The zero-order chi connectivity index (χ0) is 26.7. The number of hydrogen-bond donors (Lipinski definition) is 0. The lowest BCUT2D eigenvalue weighted by molar-refractivity contribution is 0.0985. The number of rotatable bonds is 9. The van der Waals surface area contributed by atoms with E-state index in [1.54, 1.807) is 33.5 Å². The van der Waals surface area contributed by atoms with Gasteiger partial charge in [-0.2, -0.15) is 4.31 Å². The van der Waals surface area contributed by atoms with Gasteiger partial charge in [0, 0.05) is 31.7 Å². The van der Waals surface area contributed by atoms with E-state index in [1.165, 1.54) is 11.3 Å². The maximum atomic E-state index is 13.6. The number of piperidine rings is 1. The van der Waals surface area contributed by atoms with E-state index < -0.39 is 10.0 Å². The quantitative estimate of drug-likeness (QED) is 0.354. The highest BCUT2D eigenvalue weighted by molar-refractivity contribution is 7.89. The second-order valence-electron chi connectivity index (χ2n) is 10.1. The number of aromatic nitrogens is 1. The number of amides is 1. The molecular formula is C27H37ClN4O4S2. The zero-order valence-corrected chi connectivity index (χ0v) is 25.0. The fourth-order valence-electron chi connectivity index (χ4n) is 4.73. The van der Waals surface area contributed by atoms with Crippen LogP contribution in [0.1, 0.15) is 37.6 Å². The number of thiazole rings is 1. The highest BCUT2D eigenvalue weighted by atomic mass is 35.5. The molecule has 1 saturated heterocycles. The van der Waals surface area contributed by atoms with E-state index in [0.29, 0.717) is 55.3 Å². The number of benzene rings is 2. The van der Waals surface area contributed by atoms with E-state index in [9.17, 15) is 13.2 Å². The summed E-state index contributed by atoms with van der Waals surface area (Å²) in [5.41, 5.74) is 1.23. The van der Waals surface area contributed by atoms with Crippen molar-refractivity contribution >= 4 is 55.0 Å². The summed E-state index contributed by atoms with van der Waals surface area (Å²) < 4.78 is 34.7. The Hall–Kier alpha value is -2.24. The largest absolute Gasteiger partial charge is 0.494 e. The minimum Gasteiger partial charge on any atom is -0.494 e. The van der Waals surface area contributed by atoms with Gasteiger partial charge in [-0.1, -0.05) is 25.2 Å². The molecule has 2 aromatic carbocycles. The van der Waals surface area contributed by atoms with Crippen molar-refractivity contribution in [2.75, 3.05) is 51.8 Å². The Balaban J connectivity index is 0.00000400. The molecule has 208 valence electrons. The molecule has 1 aliphatic heterocycles. The molecule has 4 rings (SSSR count). The van der Waals surface area contributed by atoms with E-state index in [4.69, 9.17) is 9.72 Å². The summed E-state index contributed by atoms with van der Waals surface area (Å²) in [7, 11) is 0.301. The maximum Gasteiger partial charge on any atom is 0.260 e. The van der Waals surface area contributed by atoms with Crippen LogP contribution in [0.25, 0.3) is 10.2 Å². The fraction of sp³-hybridized carbons (Fsp3) is 0.481. The lowest BCUT2D eigenvalue weighted by Gasteiger charge is -2.34. The molecule has 2 heterocycles. The van der Waals surface area contributed by atoms with Crippen LogP contribution in [0.4, 0.5) is 5.13 Å². The number of sulfonamides is 1. The Labute approximate surface area is 236 Å². The first-order valence-corrected chi connectivity index (χ1v) is 14.9. The molecule has 2 unspecified atom stereocenters. The van der Waals surface area contributed by atoms with Crippen molar-refractivity contribution < 1.29 is 17.9 Å². The average Bonchev–Trinajstić information content (AvgIpc) is 3.26. The van der Waals surface area contributed by atoms with E-state index in [1.807, 2.05) is 44.1 Å². The summed E-state index contributed by atoms with van der Waals surface area (Å²) >= 11 is 1.44. The standard InChI is InChI=1S/C27H36N4O4S2.ClH/c1-6-35-22-9-12-24-25(16-22)36-27(28-24)31(14-13-29(4)5)26(32)21-7-10-23(11-8-21)37(33,34)30-17-19(2)15-20(3)18-30;/h7-12,16,19-20H,6,13-15,17-18H2,1-5H3;1H. The third kappa shape index (κ3) is 6.84. The van der Waals surface area contributed by atoms with Crippen molar-refractivity contribution in [3.63, 3.8) is 0 Å². The molecule has 2 atom stereocenters. The van der Waals surface area contributed by atoms with E-state index in [2.05, 4.69) is 13.8 Å². The van der Waals surface area contributed by atoms with Crippen LogP contribution in [-0.4, -0.2) is 75.4 Å².